The average Bonchev–Trinajstić information content (AvgIpc) is 3.79. The molecule has 6 aliphatic rings. The summed E-state index contributed by atoms with van der Waals surface area (Å²) in [5.41, 5.74) is -4.05. The molecule has 2 aromatic heterocycles. The SMILES string of the molecule is C.CO[C@H]1CC[C@H](C)N2C[C@]13CCc1c(C(=O)NCc4c(F)cc(C)cc4F)c(=O)c(O)c(n13)C2=O.Cc1cc(F)c(CNC(=O)c2c3n4c(c(O)c2=O)C(=O)N2C[C@]4(CC3)[C@@H](O)CC[C@@H]2C)c(F)c1. The number of aromatic hydroxyl groups is 2. The number of carbonyl (C=O) groups is 4. The summed E-state index contributed by atoms with van der Waals surface area (Å²) in [7, 11) is 1.59. The van der Waals surface area contributed by atoms with Gasteiger partial charge in [0.25, 0.3) is 23.6 Å². The topological polar surface area (TPSA) is 213 Å². The third-order valence-electron chi connectivity index (χ3n) is 15.3. The van der Waals surface area contributed by atoms with E-state index in [9.17, 15) is 61.6 Å². The highest BCUT2D eigenvalue weighted by Crippen LogP contribution is 2.49. The van der Waals surface area contributed by atoms with Crippen molar-refractivity contribution in [2.24, 2.45) is 0 Å². The molecule has 70 heavy (non-hydrogen) atoms. The maximum Gasteiger partial charge on any atom is 0.274 e. The lowest BCUT2D eigenvalue weighted by atomic mass is 9.86. The van der Waals surface area contributed by atoms with Crippen LogP contribution in [0, 0.1) is 37.1 Å². The highest BCUT2D eigenvalue weighted by molar-refractivity contribution is 6.02. The van der Waals surface area contributed by atoms with Gasteiger partial charge in [0.15, 0.2) is 22.9 Å². The van der Waals surface area contributed by atoms with Crippen LogP contribution in [0.2, 0.25) is 0 Å². The summed E-state index contributed by atoms with van der Waals surface area (Å²) >= 11 is 0. The molecule has 6 atom stereocenters. The number of aryl methyl sites for hydroxylation is 2. The molecule has 10 rings (SSSR count). The van der Waals surface area contributed by atoms with Crippen LogP contribution in [0.5, 0.6) is 11.5 Å². The van der Waals surface area contributed by atoms with Gasteiger partial charge in [-0.2, -0.15) is 0 Å². The van der Waals surface area contributed by atoms with Crippen LogP contribution in [0.25, 0.3) is 0 Å². The van der Waals surface area contributed by atoms with Gasteiger partial charge in [-0.05, 0) is 114 Å². The number of halogens is 4. The molecule has 16 nitrogen and oxygen atoms in total. The summed E-state index contributed by atoms with van der Waals surface area (Å²) < 4.78 is 65.9. The number of aromatic nitrogens is 2. The monoisotopic (exact) mass is 976 g/mol. The van der Waals surface area contributed by atoms with Crippen LogP contribution in [-0.4, -0.2) is 102 Å². The molecule has 2 aromatic carbocycles. The van der Waals surface area contributed by atoms with Crippen molar-refractivity contribution >= 4 is 23.6 Å². The number of nitrogens with zero attached hydrogens (tertiary/aromatic N) is 4. The zero-order valence-corrected chi connectivity index (χ0v) is 38.6. The molecule has 2 saturated heterocycles. The zero-order valence-electron chi connectivity index (χ0n) is 38.6. The van der Waals surface area contributed by atoms with Crippen LogP contribution in [0.3, 0.4) is 0 Å². The smallest absolute Gasteiger partial charge is 0.274 e. The standard InChI is InChI=1S/C25H27F2N3O5.C24H25F2N3O5.CH4/c1-12-8-15(26)14(16(27)9-12)10-28-23(33)19-17-6-7-25-11-29(13(2)4-5-18(25)35-3)24(34)20(30(17)25)22(32)21(19)31;1-11-7-14(25)13(15(26)8-11)9-27-22(33)18-16-5-6-24-10-28(12(2)3-4-17(24)30)23(34)19(29(16)24)21(32)20(18)31;/h8-9,13,18,32H,4-7,10-11H2,1-3H3,(H,28,33);7-8,12,17,30,32H,3-6,9-10H2,1-2H3,(H,27,33);1H4/t13-,18-,25+;12-,17-,24+;/m00./s1. The Labute approximate surface area is 399 Å². The van der Waals surface area contributed by atoms with Crippen molar-refractivity contribution in [1.29, 1.82) is 0 Å². The zero-order chi connectivity index (χ0) is 49.8. The molecule has 0 unspecified atom stereocenters. The van der Waals surface area contributed by atoms with Crippen molar-refractivity contribution < 1.29 is 56.8 Å². The molecule has 5 N–H and O–H groups in total. The fraction of sp³-hybridized carbons (Fsp3) is 0.480. The van der Waals surface area contributed by atoms with E-state index >= 15 is 0 Å². The minimum atomic E-state index is -1.02. The van der Waals surface area contributed by atoms with E-state index in [4.69, 9.17) is 4.74 Å². The summed E-state index contributed by atoms with van der Waals surface area (Å²) in [6, 6.07) is 4.30. The van der Waals surface area contributed by atoms with Gasteiger partial charge in [-0.15, -0.1) is 0 Å². The number of carbonyl (C=O) groups excluding carboxylic acids is 4. The van der Waals surface area contributed by atoms with Crippen molar-refractivity contribution in [2.45, 2.75) is 135 Å². The Morgan fingerprint density at radius 3 is 1.49 bits per heavy atom. The van der Waals surface area contributed by atoms with Gasteiger partial charge in [-0.1, -0.05) is 7.43 Å². The third-order valence-corrected chi connectivity index (χ3v) is 15.3. The largest absolute Gasteiger partial charge is 0.503 e. The fourth-order valence-electron chi connectivity index (χ4n) is 11.8. The number of nitrogens with one attached hydrogen (secondary N) is 2. The Morgan fingerprint density at radius 2 is 1.06 bits per heavy atom. The quantitative estimate of drug-likeness (QED) is 0.161. The lowest BCUT2D eigenvalue weighted by Crippen LogP contribution is -2.58. The molecule has 2 spiro atoms. The van der Waals surface area contributed by atoms with Crippen molar-refractivity contribution in [2.75, 3.05) is 20.2 Å². The molecule has 2 fully saturated rings. The molecule has 4 amide bonds. The van der Waals surface area contributed by atoms with Crippen molar-refractivity contribution in [3.05, 3.63) is 124 Å². The van der Waals surface area contributed by atoms with Gasteiger partial charge >= 0.3 is 0 Å². The van der Waals surface area contributed by atoms with E-state index in [1.807, 2.05) is 13.8 Å². The first-order chi connectivity index (χ1) is 32.7. The average molecular weight is 977 g/mol. The predicted octanol–water partition coefficient (Wildman–Crippen LogP) is 4.71. The maximum absolute atomic E-state index is 14.3. The lowest BCUT2D eigenvalue weighted by molar-refractivity contribution is -0.0199. The Balaban J connectivity index is 0.000000186. The fourth-order valence-corrected chi connectivity index (χ4v) is 11.8. The molecule has 4 aromatic rings. The molecule has 4 bridgehead atoms. The van der Waals surface area contributed by atoms with Crippen molar-refractivity contribution in [3.63, 3.8) is 0 Å². The molecule has 8 heterocycles. The van der Waals surface area contributed by atoms with E-state index in [1.165, 1.54) is 11.5 Å². The number of amides is 4. The number of aliphatic hydroxyl groups excluding tert-OH is 1. The second-order valence-corrected chi connectivity index (χ2v) is 19.3. The summed E-state index contributed by atoms with van der Waals surface area (Å²) in [6.07, 6.45) is 2.64. The summed E-state index contributed by atoms with van der Waals surface area (Å²) in [6.45, 7) is 6.43. The molecule has 6 aliphatic heterocycles. The van der Waals surface area contributed by atoms with E-state index < -0.39 is 99.5 Å². The van der Waals surface area contributed by atoms with E-state index in [0.29, 0.717) is 68.3 Å². The van der Waals surface area contributed by atoms with Crippen LogP contribution >= 0.6 is 0 Å². The van der Waals surface area contributed by atoms with E-state index in [1.54, 1.807) is 28.4 Å². The van der Waals surface area contributed by atoms with Crippen LogP contribution in [0.4, 0.5) is 17.6 Å². The predicted molar refractivity (Wildman–Crippen MR) is 245 cm³/mol. The van der Waals surface area contributed by atoms with E-state index in [-0.39, 0.29) is 77.9 Å². The highest BCUT2D eigenvalue weighted by atomic mass is 19.1. The second-order valence-electron chi connectivity index (χ2n) is 19.3. The Bertz CT molecular complexity index is 2980. The Kier molecular flexibility index (Phi) is 12.8. The number of aliphatic hydroxyl groups is 1. The third kappa shape index (κ3) is 7.47. The molecule has 0 radical (unpaired) electrons. The molecule has 0 saturated carbocycles. The first-order valence-corrected chi connectivity index (χ1v) is 23.0. The van der Waals surface area contributed by atoms with E-state index in [2.05, 4.69) is 10.6 Å². The summed E-state index contributed by atoms with van der Waals surface area (Å²) in [4.78, 5) is 82.3. The number of benzene rings is 2. The van der Waals surface area contributed by atoms with Gasteiger partial charge in [0.05, 0.1) is 23.3 Å². The van der Waals surface area contributed by atoms with Crippen LogP contribution in [0.15, 0.2) is 33.9 Å². The van der Waals surface area contributed by atoms with Crippen LogP contribution in [-0.2, 0) is 41.7 Å². The van der Waals surface area contributed by atoms with Gasteiger partial charge in [0.2, 0.25) is 10.9 Å². The number of ether oxygens (including phenoxy) is 1. The normalized spacial score (nSPS) is 24.7. The maximum atomic E-state index is 14.3. The molecule has 374 valence electrons. The van der Waals surface area contributed by atoms with Crippen molar-refractivity contribution in [1.82, 2.24) is 29.6 Å². The van der Waals surface area contributed by atoms with Gasteiger partial charge < -0.3 is 49.6 Å². The lowest BCUT2D eigenvalue weighted by Gasteiger charge is -2.46. The van der Waals surface area contributed by atoms with E-state index in [0.717, 1.165) is 24.3 Å². The number of methoxy groups -OCH3 is 1. The number of hydrogen-bond donors (Lipinski definition) is 5. The Morgan fingerprint density at radius 1 is 0.671 bits per heavy atom. The van der Waals surface area contributed by atoms with Gasteiger partial charge in [-0.3, -0.25) is 28.8 Å². The van der Waals surface area contributed by atoms with Crippen LogP contribution in [0.1, 0.15) is 135 Å². The number of rotatable bonds is 7. The first kappa shape index (κ1) is 49.9. The van der Waals surface area contributed by atoms with Crippen LogP contribution < -0.4 is 21.5 Å². The first-order valence-electron chi connectivity index (χ1n) is 23.0. The number of fused-ring (bicyclic) bond motifs is 2. The van der Waals surface area contributed by atoms with Gasteiger partial charge in [0, 0.05) is 67.9 Å². The molecular weight excluding hydrogens is 921 g/mol. The second kappa shape index (κ2) is 18.0. The van der Waals surface area contributed by atoms with Crippen molar-refractivity contribution in [3.8, 4) is 11.5 Å². The molecule has 0 aliphatic carbocycles. The van der Waals surface area contributed by atoms with Gasteiger partial charge in [-0.25, -0.2) is 17.6 Å². The number of pyridine rings is 2. The Hall–Kier alpha value is -6.54. The minimum Gasteiger partial charge on any atom is -0.503 e. The number of hydrogen-bond acceptors (Lipinski definition) is 10. The molecular formula is C50H56F4N6O10. The summed E-state index contributed by atoms with van der Waals surface area (Å²) in [5.74, 6) is -7.67. The summed E-state index contributed by atoms with van der Waals surface area (Å²) in [5, 5.41) is 37.5. The van der Waals surface area contributed by atoms with Gasteiger partial charge in [0.1, 0.15) is 34.4 Å². The highest BCUT2D eigenvalue weighted by Gasteiger charge is 2.57. The minimum absolute atomic E-state index is 0. The molecule has 20 heteroatoms.